The van der Waals surface area contributed by atoms with Crippen LogP contribution in [0.5, 0.6) is 0 Å². The van der Waals surface area contributed by atoms with E-state index in [2.05, 4.69) is 39.0 Å². The Morgan fingerprint density at radius 3 is 2.78 bits per heavy atom. The van der Waals surface area contributed by atoms with Crippen molar-refractivity contribution < 1.29 is 4.79 Å². The van der Waals surface area contributed by atoms with Crippen molar-refractivity contribution in [1.29, 1.82) is 0 Å². The minimum Gasteiger partial charge on any atom is -0.356 e. The summed E-state index contributed by atoms with van der Waals surface area (Å²) >= 11 is 1.72. The maximum atomic E-state index is 12.5. The molecule has 0 saturated carbocycles. The number of thiophene rings is 1. The van der Waals surface area contributed by atoms with Gasteiger partial charge in [0.2, 0.25) is 5.91 Å². The van der Waals surface area contributed by atoms with E-state index >= 15 is 0 Å². The molecule has 0 bridgehead atoms. The van der Waals surface area contributed by atoms with E-state index in [0.29, 0.717) is 6.54 Å². The van der Waals surface area contributed by atoms with Crippen molar-refractivity contribution in [1.82, 2.24) is 20.3 Å². The number of fused-ring (bicyclic) bond motifs is 1. The molecule has 140 valence electrons. The second kappa shape index (κ2) is 7.60. The Morgan fingerprint density at radius 1 is 1.22 bits per heavy atom. The maximum absolute atomic E-state index is 12.5. The lowest BCUT2D eigenvalue weighted by molar-refractivity contribution is -0.125. The number of anilines is 1. The molecule has 1 N–H and O–H groups in total. The average Bonchev–Trinajstić information content (AvgIpc) is 3.01. The SMILES string of the molecule is Cc1sc2ncnc(N3CCC(C(=O)NCc4ccccn4)CC3)c2c1C. The number of hydrogen-bond donors (Lipinski definition) is 1. The Kier molecular flexibility index (Phi) is 5.03. The van der Waals surface area contributed by atoms with Gasteiger partial charge in [-0.1, -0.05) is 6.07 Å². The summed E-state index contributed by atoms with van der Waals surface area (Å²) in [6.45, 7) is 6.42. The quantitative estimate of drug-likeness (QED) is 0.751. The van der Waals surface area contributed by atoms with Crippen molar-refractivity contribution in [2.24, 2.45) is 5.92 Å². The number of nitrogens with zero attached hydrogens (tertiary/aromatic N) is 4. The first kappa shape index (κ1) is 17.9. The Bertz CT molecular complexity index is 948. The summed E-state index contributed by atoms with van der Waals surface area (Å²) in [5, 5.41) is 4.19. The molecule has 1 fully saturated rings. The fourth-order valence-electron chi connectivity index (χ4n) is 3.58. The molecule has 0 spiro atoms. The minimum absolute atomic E-state index is 0.0487. The number of pyridine rings is 1. The van der Waals surface area contributed by atoms with Gasteiger partial charge in [-0.2, -0.15) is 0 Å². The van der Waals surface area contributed by atoms with E-state index < -0.39 is 0 Å². The topological polar surface area (TPSA) is 71.0 Å². The predicted molar refractivity (Wildman–Crippen MR) is 108 cm³/mol. The molecule has 0 radical (unpaired) electrons. The molecule has 4 heterocycles. The molecule has 1 saturated heterocycles. The van der Waals surface area contributed by atoms with Gasteiger partial charge in [-0.3, -0.25) is 9.78 Å². The van der Waals surface area contributed by atoms with Crippen LogP contribution in [0, 0.1) is 19.8 Å². The highest BCUT2D eigenvalue weighted by molar-refractivity contribution is 7.18. The van der Waals surface area contributed by atoms with Gasteiger partial charge in [0.05, 0.1) is 17.6 Å². The summed E-state index contributed by atoms with van der Waals surface area (Å²) in [6, 6.07) is 5.74. The highest BCUT2D eigenvalue weighted by Gasteiger charge is 2.27. The Labute approximate surface area is 162 Å². The van der Waals surface area contributed by atoms with Crippen LogP contribution in [0.1, 0.15) is 29.0 Å². The lowest BCUT2D eigenvalue weighted by Gasteiger charge is -2.32. The fourth-order valence-corrected chi connectivity index (χ4v) is 4.57. The van der Waals surface area contributed by atoms with Crippen LogP contribution < -0.4 is 10.2 Å². The van der Waals surface area contributed by atoms with E-state index in [1.807, 2.05) is 18.2 Å². The largest absolute Gasteiger partial charge is 0.356 e. The van der Waals surface area contributed by atoms with Gasteiger partial charge in [-0.25, -0.2) is 9.97 Å². The van der Waals surface area contributed by atoms with Crippen molar-refractivity contribution in [2.45, 2.75) is 33.2 Å². The van der Waals surface area contributed by atoms with Crippen LogP contribution in [-0.2, 0) is 11.3 Å². The molecule has 0 aliphatic carbocycles. The maximum Gasteiger partial charge on any atom is 0.223 e. The second-order valence-corrected chi connectivity index (χ2v) is 8.16. The number of aromatic nitrogens is 3. The van der Waals surface area contributed by atoms with Gasteiger partial charge in [-0.05, 0) is 44.4 Å². The minimum atomic E-state index is 0.0487. The van der Waals surface area contributed by atoms with Crippen LogP contribution in [-0.4, -0.2) is 33.9 Å². The monoisotopic (exact) mass is 381 g/mol. The molecule has 1 aliphatic rings. The van der Waals surface area contributed by atoms with Gasteiger partial charge < -0.3 is 10.2 Å². The summed E-state index contributed by atoms with van der Waals surface area (Å²) in [4.78, 5) is 30.4. The number of piperidine rings is 1. The summed E-state index contributed by atoms with van der Waals surface area (Å²) in [5.41, 5.74) is 2.15. The van der Waals surface area contributed by atoms with Gasteiger partial charge in [0.15, 0.2) is 0 Å². The molecule has 0 atom stereocenters. The third kappa shape index (κ3) is 3.64. The third-order valence-electron chi connectivity index (χ3n) is 5.28. The molecule has 6 nitrogen and oxygen atoms in total. The molecule has 7 heteroatoms. The Morgan fingerprint density at radius 2 is 2.04 bits per heavy atom. The normalized spacial score (nSPS) is 15.3. The smallest absolute Gasteiger partial charge is 0.223 e. The number of hydrogen-bond acceptors (Lipinski definition) is 6. The second-order valence-electron chi connectivity index (χ2n) is 6.96. The molecule has 0 aromatic carbocycles. The van der Waals surface area contributed by atoms with Crippen molar-refractivity contribution in [2.75, 3.05) is 18.0 Å². The molecular formula is C20H23N5OS. The first-order valence-electron chi connectivity index (χ1n) is 9.26. The highest BCUT2D eigenvalue weighted by atomic mass is 32.1. The number of amides is 1. The van der Waals surface area contributed by atoms with E-state index in [4.69, 9.17) is 0 Å². The van der Waals surface area contributed by atoms with Crippen LogP contribution in [0.4, 0.5) is 5.82 Å². The van der Waals surface area contributed by atoms with Crippen molar-refractivity contribution in [3.05, 3.63) is 46.9 Å². The van der Waals surface area contributed by atoms with E-state index in [1.54, 1.807) is 23.9 Å². The zero-order valence-electron chi connectivity index (χ0n) is 15.6. The van der Waals surface area contributed by atoms with Gasteiger partial charge in [-0.15, -0.1) is 11.3 Å². The molecule has 0 unspecified atom stereocenters. The van der Waals surface area contributed by atoms with E-state index in [0.717, 1.165) is 47.7 Å². The fraction of sp³-hybridized carbons (Fsp3) is 0.400. The lowest BCUT2D eigenvalue weighted by atomic mass is 9.95. The van der Waals surface area contributed by atoms with Crippen molar-refractivity contribution in [3.8, 4) is 0 Å². The van der Waals surface area contributed by atoms with Crippen molar-refractivity contribution in [3.63, 3.8) is 0 Å². The molecule has 1 amide bonds. The molecule has 4 rings (SSSR count). The number of rotatable bonds is 4. The first-order valence-corrected chi connectivity index (χ1v) is 10.1. The number of aryl methyl sites for hydroxylation is 2. The molecule has 3 aromatic rings. The van der Waals surface area contributed by atoms with Crippen LogP contribution in [0.15, 0.2) is 30.7 Å². The number of carbonyl (C=O) groups is 1. The lowest BCUT2D eigenvalue weighted by Crippen LogP contribution is -2.40. The standard InChI is InChI=1S/C20H23N5OS/c1-13-14(2)27-20-17(13)18(23-12-24-20)25-9-6-15(7-10-25)19(26)22-11-16-5-3-4-8-21-16/h3-5,8,12,15H,6-7,9-11H2,1-2H3,(H,22,26). The zero-order chi connectivity index (χ0) is 18.8. The Balaban J connectivity index is 1.40. The average molecular weight is 382 g/mol. The van der Waals surface area contributed by atoms with Crippen LogP contribution in [0.2, 0.25) is 0 Å². The number of nitrogens with one attached hydrogen (secondary N) is 1. The van der Waals surface area contributed by atoms with Crippen LogP contribution in [0.25, 0.3) is 10.2 Å². The molecule has 1 aliphatic heterocycles. The summed E-state index contributed by atoms with van der Waals surface area (Å²) in [7, 11) is 0. The first-order chi connectivity index (χ1) is 13.1. The van der Waals surface area contributed by atoms with Gasteiger partial charge in [0, 0.05) is 30.1 Å². The van der Waals surface area contributed by atoms with Crippen LogP contribution >= 0.6 is 11.3 Å². The highest BCUT2D eigenvalue weighted by Crippen LogP contribution is 2.35. The van der Waals surface area contributed by atoms with E-state index in [-0.39, 0.29) is 11.8 Å². The zero-order valence-corrected chi connectivity index (χ0v) is 16.4. The van der Waals surface area contributed by atoms with Gasteiger partial charge in [0.1, 0.15) is 17.0 Å². The van der Waals surface area contributed by atoms with Crippen LogP contribution in [0.3, 0.4) is 0 Å². The summed E-state index contributed by atoms with van der Waals surface area (Å²) in [5.74, 6) is 1.18. The van der Waals surface area contributed by atoms with Crippen molar-refractivity contribution >= 4 is 33.3 Å². The third-order valence-corrected chi connectivity index (χ3v) is 6.40. The van der Waals surface area contributed by atoms with Gasteiger partial charge in [0.25, 0.3) is 0 Å². The summed E-state index contributed by atoms with van der Waals surface area (Å²) in [6.07, 6.45) is 5.07. The van der Waals surface area contributed by atoms with E-state index in [1.165, 1.54) is 10.4 Å². The molecule has 27 heavy (non-hydrogen) atoms. The predicted octanol–water partition coefficient (Wildman–Crippen LogP) is 3.24. The molecule has 3 aromatic heterocycles. The number of carbonyl (C=O) groups excluding carboxylic acids is 1. The Hall–Kier alpha value is -2.54. The summed E-state index contributed by atoms with van der Waals surface area (Å²) < 4.78 is 0. The molecular weight excluding hydrogens is 358 g/mol. The van der Waals surface area contributed by atoms with E-state index in [9.17, 15) is 4.79 Å². The van der Waals surface area contributed by atoms with Gasteiger partial charge >= 0.3 is 0 Å².